The number of aliphatic hydroxyl groups is 1. The number of halogens is 1. The fourth-order valence-corrected chi connectivity index (χ4v) is 2.73. The lowest BCUT2D eigenvalue weighted by atomic mass is 10.0. The number of aromatic nitrogens is 2. The first kappa shape index (κ1) is 14.3. The summed E-state index contributed by atoms with van der Waals surface area (Å²) < 4.78 is 1.16. The van der Waals surface area contributed by atoms with Gasteiger partial charge in [0.05, 0.1) is 25.0 Å². The summed E-state index contributed by atoms with van der Waals surface area (Å²) in [7, 11) is 0. The smallest absolute Gasteiger partial charge is 0.287 e. The Morgan fingerprint density at radius 3 is 3.05 bits per heavy atom. The van der Waals surface area contributed by atoms with Crippen molar-refractivity contribution in [3.63, 3.8) is 0 Å². The highest BCUT2D eigenvalue weighted by Gasteiger charge is 2.26. The number of hydrogen-bond acceptors (Lipinski definition) is 5. The summed E-state index contributed by atoms with van der Waals surface area (Å²) in [5, 5.41) is 16.2. The lowest BCUT2D eigenvalue weighted by Crippen LogP contribution is -2.31. The van der Waals surface area contributed by atoms with Crippen molar-refractivity contribution in [3.05, 3.63) is 21.6 Å². The van der Waals surface area contributed by atoms with Crippen molar-refractivity contribution in [2.45, 2.75) is 31.8 Å². The first-order valence-corrected chi connectivity index (χ1v) is 6.88. The fourth-order valence-electron chi connectivity index (χ4n) is 2.53. The van der Waals surface area contributed by atoms with Crippen molar-refractivity contribution in [3.8, 4) is 0 Å². The third kappa shape index (κ3) is 3.08. The van der Waals surface area contributed by atoms with Crippen LogP contribution in [0.1, 0.15) is 19.3 Å². The van der Waals surface area contributed by atoms with Crippen LogP contribution in [0.4, 0.5) is 5.69 Å². The SMILES string of the molecule is NCC1CCCC1Nc1cnn(CCO)c(=O)c1Cl. The predicted octanol–water partition coefficient (Wildman–Crippen LogP) is 0.428. The molecule has 0 aliphatic heterocycles. The zero-order chi connectivity index (χ0) is 13.8. The number of nitrogens with one attached hydrogen (secondary N) is 1. The normalized spacial score (nSPS) is 22.7. The maximum atomic E-state index is 11.9. The Balaban J connectivity index is 2.17. The largest absolute Gasteiger partial charge is 0.394 e. The van der Waals surface area contributed by atoms with Crippen LogP contribution in [0.25, 0.3) is 0 Å². The van der Waals surface area contributed by atoms with Gasteiger partial charge in [0.2, 0.25) is 0 Å². The summed E-state index contributed by atoms with van der Waals surface area (Å²) in [6.45, 7) is 0.631. The number of nitrogens with two attached hydrogens (primary N) is 1. The Bertz CT molecular complexity index is 491. The lowest BCUT2D eigenvalue weighted by Gasteiger charge is -2.21. The van der Waals surface area contributed by atoms with Crippen LogP contribution in [0.3, 0.4) is 0 Å². The van der Waals surface area contributed by atoms with E-state index in [-0.39, 0.29) is 29.8 Å². The van der Waals surface area contributed by atoms with E-state index in [1.807, 2.05) is 0 Å². The van der Waals surface area contributed by atoms with Crippen molar-refractivity contribution < 1.29 is 5.11 Å². The molecule has 0 aromatic carbocycles. The number of aliphatic hydroxyl groups excluding tert-OH is 1. The van der Waals surface area contributed by atoms with Crippen LogP contribution >= 0.6 is 11.6 Å². The number of nitrogens with zero attached hydrogens (tertiary/aromatic N) is 2. The molecule has 2 atom stereocenters. The van der Waals surface area contributed by atoms with Gasteiger partial charge in [0, 0.05) is 6.04 Å². The van der Waals surface area contributed by atoms with Crippen LogP contribution in [0, 0.1) is 5.92 Å². The van der Waals surface area contributed by atoms with Gasteiger partial charge in [-0.2, -0.15) is 5.10 Å². The van der Waals surface area contributed by atoms with Crippen LogP contribution in [0.15, 0.2) is 11.0 Å². The van der Waals surface area contributed by atoms with Gasteiger partial charge in [0.15, 0.2) is 0 Å². The average Bonchev–Trinajstić information content (AvgIpc) is 2.86. The molecule has 0 amide bonds. The summed E-state index contributed by atoms with van der Waals surface area (Å²) >= 11 is 6.05. The van der Waals surface area contributed by atoms with E-state index in [1.54, 1.807) is 0 Å². The Morgan fingerprint density at radius 2 is 2.37 bits per heavy atom. The summed E-state index contributed by atoms with van der Waals surface area (Å²) in [5.74, 6) is 0.413. The van der Waals surface area contributed by atoms with Gasteiger partial charge in [-0.25, -0.2) is 4.68 Å². The topological polar surface area (TPSA) is 93.2 Å². The Labute approximate surface area is 116 Å². The second-order valence-corrected chi connectivity index (χ2v) is 5.18. The average molecular weight is 287 g/mol. The Hall–Kier alpha value is -1.11. The number of hydrogen-bond donors (Lipinski definition) is 3. The second-order valence-electron chi connectivity index (χ2n) is 4.80. The van der Waals surface area contributed by atoms with E-state index in [2.05, 4.69) is 10.4 Å². The molecule has 0 spiro atoms. The third-order valence-electron chi connectivity index (χ3n) is 3.60. The molecule has 1 heterocycles. The van der Waals surface area contributed by atoms with Gasteiger partial charge in [-0.15, -0.1) is 0 Å². The molecule has 2 unspecified atom stereocenters. The molecule has 0 radical (unpaired) electrons. The standard InChI is InChI=1S/C12H19ClN4O2/c13-11-10(7-15-17(4-5-18)12(11)19)16-9-3-1-2-8(9)6-14/h7-9,16,18H,1-6,14H2. The molecule has 4 N–H and O–H groups in total. The zero-order valence-corrected chi connectivity index (χ0v) is 11.4. The van der Waals surface area contributed by atoms with E-state index in [4.69, 9.17) is 22.4 Å². The number of rotatable bonds is 5. The van der Waals surface area contributed by atoms with Gasteiger partial charge in [-0.05, 0) is 25.3 Å². The van der Waals surface area contributed by atoms with Crippen molar-refractivity contribution >= 4 is 17.3 Å². The molecule has 1 fully saturated rings. The summed E-state index contributed by atoms with van der Waals surface area (Å²) in [5.41, 5.74) is 5.89. The lowest BCUT2D eigenvalue weighted by molar-refractivity contribution is 0.266. The van der Waals surface area contributed by atoms with Gasteiger partial charge in [0.1, 0.15) is 5.02 Å². The maximum Gasteiger partial charge on any atom is 0.287 e. The van der Waals surface area contributed by atoms with Crippen molar-refractivity contribution in [1.82, 2.24) is 9.78 Å². The minimum atomic E-state index is -0.386. The molecule has 106 valence electrons. The number of anilines is 1. The third-order valence-corrected chi connectivity index (χ3v) is 3.96. The summed E-state index contributed by atoms with van der Waals surface area (Å²) in [6.07, 6.45) is 4.79. The van der Waals surface area contributed by atoms with Gasteiger partial charge < -0.3 is 16.2 Å². The molecule has 1 aromatic heterocycles. The quantitative estimate of drug-likeness (QED) is 0.730. The predicted molar refractivity (Wildman–Crippen MR) is 74.4 cm³/mol. The van der Waals surface area contributed by atoms with Crippen LogP contribution in [-0.2, 0) is 6.54 Å². The highest BCUT2D eigenvalue weighted by Crippen LogP contribution is 2.29. The maximum absolute atomic E-state index is 11.9. The van der Waals surface area contributed by atoms with Crippen molar-refractivity contribution in [2.75, 3.05) is 18.5 Å². The van der Waals surface area contributed by atoms with E-state index in [0.717, 1.165) is 23.9 Å². The van der Waals surface area contributed by atoms with Gasteiger partial charge in [-0.3, -0.25) is 4.79 Å². The zero-order valence-electron chi connectivity index (χ0n) is 10.7. The van der Waals surface area contributed by atoms with Crippen molar-refractivity contribution in [1.29, 1.82) is 0 Å². The van der Waals surface area contributed by atoms with Crippen molar-refractivity contribution in [2.24, 2.45) is 11.7 Å². The Kier molecular flexibility index (Phi) is 4.79. The van der Waals surface area contributed by atoms with E-state index in [9.17, 15) is 4.79 Å². The van der Waals surface area contributed by atoms with Gasteiger partial charge in [0.25, 0.3) is 5.56 Å². The first-order valence-electron chi connectivity index (χ1n) is 6.50. The van der Waals surface area contributed by atoms with Crippen LogP contribution < -0.4 is 16.6 Å². The van der Waals surface area contributed by atoms with Crippen LogP contribution in [0.2, 0.25) is 5.02 Å². The molecular weight excluding hydrogens is 268 g/mol. The molecule has 2 rings (SSSR count). The molecular formula is C12H19ClN4O2. The molecule has 1 saturated carbocycles. The molecule has 1 aliphatic rings. The molecule has 1 aliphatic carbocycles. The fraction of sp³-hybridized carbons (Fsp3) is 0.667. The molecule has 0 bridgehead atoms. The van der Waals surface area contributed by atoms with E-state index >= 15 is 0 Å². The summed E-state index contributed by atoms with van der Waals surface area (Å²) in [6, 6.07) is 0.248. The molecule has 6 nitrogen and oxygen atoms in total. The summed E-state index contributed by atoms with van der Waals surface area (Å²) in [4.78, 5) is 11.9. The van der Waals surface area contributed by atoms with E-state index < -0.39 is 0 Å². The molecule has 1 aromatic rings. The molecule has 0 saturated heterocycles. The monoisotopic (exact) mass is 286 g/mol. The highest BCUT2D eigenvalue weighted by atomic mass is 35.5. The Morgan fingerprint density at radius 1 is 1.58 bits per heavy atom. The van der Waals surface area contributed by atoms with Crippen LogP contribution in [-0.4, -0.2) is 34.1 Å². The highest BCUT2D eigenvalue weighted by molar-refractivity contribution is 6.32. The second kappa shape index (κ2) is 6.36. The molecule has 7 heteroatoms. The van der Waals surface area contributed by atoms with Gasteiger partial charge >= 0.3 is 0 Å². The van der Waals surface area contributed by atoms with Crippen LogP contribution in [0.5, 0.6) is 0 Å². The first-order chi connectivity index (χ1) is 9.17. The van der Waals surface area contributed by atoms with E-state index in [0.29, 0.717) is 18.2 Å². The van der Waals surface area contributed by atoms with E-state index in [1.165, 1.54) is 6.20 Å². The van der Waals surface area contributed by atoms with Gasteiger partial charge in [-0.1, -0.05) is 18.0 Å². The minimum Gasteiger partial charge on any atom is -0.394 e. The molecule has 19 heavy (non-hydrogen) atoms. The minimum absolute atomic E-state index is 0.117.